The molecule has 26 heavy (non-hydrogen) atoms. The van der Waals surface area contributed by atoms with Crippen LogP contribution in [0.5, 0.6) is 0 Å². The van der Waals surface area contributed by atoms with E-state index in [-0.39, 0.29) is 23.2 Å². The van der Waals surface area contributed by atoms with Gasteiger partial charge in [0.2, 0.25) is 5.91 Å². The fourth-order valence-corrected chi connectivity index (χ4v) is 5.39. The number of amides is 1. The summed E-state index contributed by atoms with van der Waals surface area (Å²) in [7, 11) is -2.24. The molecule has 0 saturated carbocycles. The quantitative estimate of drug-likeness (QED) is 0.572. The molecule has 0 aliphatic heterocycles. The van der Waals surface area contributed by atoms with Gasteiger partial charge in [-0.15, -0.1) is 22.7 Å². The molecule has 138 valence electrons. The summed E-state index contributed by atoms with van der Waals surface area (Å²) < 4.78 is 31.7. The summed E-state index contributed by atoms with van der Waals surface area (Å²) in [5.74, 6) is 0.371. The van der Waals surface area contributed by atoms with E-state index >= 15 is 0 Å². The van der Waals surface area contributed by atoms with Gasteiger partial charge in [-0.2, -0.15) is 4.31 Å². The fourth-order valence-electron chi connectivity index (χ4n) is 2.35. The number of likely N-dealkylation sites (N-methyl/N-ethyl adjacent to an activating group) is 1. The molecule has 0 N–H and O–H groups in total. The molecule has 0 fully saturated rings. The van der Waals surface area contributed by atoms with E-state index in [2.05, 4.69) is 0 Å². The Morgan fingerprint density at radius 1 is 1.08 bits per heavy atom. The number of hydrogen-bond acceptors (Lipinski definition) is 6. The zero-order valence-electron chi connectivity index (χ0n) is 14.1. The molecule has 6 nitrogen and oxygen atoms in total. The van der Waals surface area contributed by atoms with Crippen molar-refractivity contribution in [3.05, 3.63) is 64.1 Å². The van der Waals surface area contributed by atoms with Gasteiger partial charge in [0.15, 0.2) is 0 Å². The summed E-state index contributed by atoms with van der Waals surface area (Å²) in [6.07, 6.45) is 1.55. The molecule has 0 aliphatic carbocycles. The summed E-state index contributed by atoms with van der Waals surface area (Å²) in [4.78, 5) is 15.4. The highest BCUT2D eigenvalue weighted by Crippen LogP contribution is 2.20. The second kappa shape index (κ2) is 8.17. The summed E-state index contributed by atoms with van der Waals surface area (Å²) in [6.45, 7) is 0.465. The molecule has 0 aliphatic rings. The summed E-state index contributed by atoms with van der Waals surface area (Å²) in [6, 6.07) is 10.6. The van der Waals surface area contributed by atoms with E-state index in [0.717, 1.165) is 20.5 Å². The Balaban J connectivity index is 1.74. The van der Waals surface area contributed by atoms with E-state index < -0.39 is 10.0 Å². The first-order valence-electron chi connectivity index (χ1n) is 7.79. The van der Waals surface area contributed by atoms with Crippen molar-refractivity contribution in [2.75, 3.05) is 13.6 Å². The van der Waals surface area contributed by atoms with E-state index in [9.17, 15) is 13.2 Å². The maximum Gasteiger partial charge on any atom is 0.252 e. The van der Waals surface area contributed by atoms with Crippen molar-refractivity contribution in [1.82, 2.24) is 9.21 Å². The largest absolute Gasteiger partial charge is 0.467 e. The first-order chi connectivity index (χ1) is 12.5. The van der Waals surface area contributed by atoms with Crippen LogP contribution in [-0.2, 0) is 27.9 Å². The SMILES string of the molecule is CN(CC(=O)N(Cc1ccco1)Cc1cccs1)S(=O)(=O)c1cccs1. The van der Waals surface area contributed by atoms with Crippen molar-refractivity contribution in [1.29, 1.82) is 0 Å². The van der Waals surface area contributed by atoms with Gasteiger partial charge in [0, 0.05) is 11.9 Å². The van der Waals surface area contributed by atoms with Crippen LogP contribution in [0.25, 0.3) is 0 Å². The molecule has 1 amide bonds. The number of hydrogen-bond donors (Lipinski definition) is 0. The zero-order valence-corrected chi connectivity index (χ0v) is 16.5. The fraction of sp³-hybridized carbons (Fsp3) is 0.235. The molecule has 0 saturated heterocycles. The van der Waals surface area contributed by atoms with Gasteiger partial charge in [-0.25, -0.2) is 8.42 Å². The van der Waals surface area contributed by atoms with Crippen LogP contribution < -0.4 is 0 Å². The number of carbonyl (C=O) groups is 1. The van der Waals surface area contributed by atoms with Crippen molar-refractivity contribution in [3.8, 4) is 0 Å². The zero-order chi connectivity index (χ0) is 18.6. The Morgan fingerprint density at radius 3 is 2.46 bits per heavy atom. The Kier molecular flexibility index (Phi) is 5.92. The van der Waals surface area contributed by atoms with Crippen LogP contribution in [0, 0.1) is 0 Å². The molecule has 3 heterocycles. The van der Waals surface area contributed by atoms with Gasteiger partial charge >= 0.3 is 0 Å². The minimum absolute atomic E-state index is 0.226. The Hall–Kier alpha value is -1.94. The number of carbonyl (C=O) groups excluding carboxylic acids is 1. The van der Waals surface area contributed by atoms with Crippen molar-refractivity contribution < 1.29 is 17.6 Å². The topological polar surface area (TPSA) is 70.8 Å². The molecule has 0 unspecified atom stereocenters. The van der Waals surface area contributed by atoms with E-state index in [1.807, 2.05) is 17.5 Å². The summed E-state index contributed by atoms with van der Waals surface area (Å²) >= 11 is 2.68. The Morgan fingerprint density at radius 2 is 1.85 bits per heavy atom. The van der Waals surface area contributed by atoms with Gasteiger partial charge in [0.1, 0.15) is 9.97 Å². The molecule has 3 aromatic heterocycles. The number of furan rings is 1. The highest BCUT2D eigenvalue weighted by atomic mass is 32.2. The van der Waals surface area contributed by atoms with Crippen LogP contribution >= 0.6 is 22.7 Å². The average molecular weight is 411 g/mol. The van der Waals surface area contributed by atoms with Crippen LogP contribution in [0.4, 0.5) is 0 Å². The van der Waals surface area contributed by atoms with E-state index in [1.165, 1.54) is 13.1 Å². The number of sulfonamides is 1. The van der Waals surface area contributed by atoms with Gasteiger partial charge in [-0.3, -0.25) is 4.79 Å². The summed E-state index contributed by atoms with van der Waals surface area (Å²) in [5, 5.41) is 3.64. The van der Waals surface area contributed by atoms with Crippen LogP contribution in [0.1, 0.15) is 10.6 Å². The van der Waals surface area contributed by atoms with Gasteiger partial charge in [0.25, 0.3) is 10.0 Å². The van der Waals surface area contributed by atoms with E-state index in [4.69, 9.17) is 4.42 Å². The molecule has 0 aromatic carbocycles. The van der Waals surface area contributed by atoms with Crippen molar-refractivity contribution in [2.24, 2.45) is 0 Å². The van der Waals surface area contributed by atoms with Gasteiger partial charge in [-0.1, -0.05) is 12.1 Å². The maximum absolute atomic E-state index is 12.8. The Labute approximate surface area is 160 Å². The number of nitrogens with zero attached hydrogens (tertiary/aromatic N) is 2. The third-order valence-corrected chi connectivity index (χ3v) is 7.76. The average Bonchev–Trinajstić information content (AvgIpc) is 3.37. The van der Waals surface area contributed by atoms with E-state index in [0.29, 0.717) is 12.3 Å². The molecular weight excluding hydrogens is 392 g/mol. The second-order valence-electron chi connectivity index (χ2n) is 5.60. The maximum atomic E-state index is 12.8. The van der Waals surface area contributed by atoms with E-state index in [1.54, 1.807) is 46.1 Å². The first-order valence-corrected chi connectivity index (χ1v) is 11.0. The van der Waals surface area contributed by atoms with Gasteiger partial charge in [0.05, 0.1) is 25.9 Å². The first kappa shape index (κ1) is 18.8. The predicted molar refractivity (Wildman–Crippen MR) is 101 cm³/mol. The molecule has 3 aromatic rings. The van der Waals surface area contributed by atoms with Crippen LogP contribution in [0.15, 0.2) is 62.0 Å². The number of rotatable bonds is 8. The molecule has 0 radical (unpaired) electrons. The lowest BCUT2D eigenvalue weighted by Gasteiger charge is -2.24. The van der Waals surface area contributed by atoms with Crippen LogP contribution in [0.2, 0.25) is 0 Å². The highest BCUT2D eigenvalue weighted by molar-refractivity contribution is 7.91. The highest BCUT2D eigenvalue weighted by Gasteiger charge is 2.26. The van der Waals surface area contributed by atoms with Crippen LogP contribution in [0.3, 0.4) is 0 Å². The summed E-state index contributed by atoms with van der Waals surface area (Å²) in [5.41, 5.74) is 0. The minimum Gasteiger partial charge on any atom is -0.467 e. The molecular formula is C17H18N2O4S3. The Bertz CT molecular complexity index is 881. The second-order valence-corrected chi connectivity index (χ2v) is 9.85. The third-order valence-electron chi connectivity index (χ3n) is 3.72. The molecule has 0 atom stereocenters. The lowest BCUT2D eigenvalue weighted by atomic mass is 10.3. The van der Waals surface area contributed by atoms with Crippen molar-refractivity contribution in [3.63, 3.8) is 0 Å². The minimum atomic E-state index is -3.66. The lowest BCUT2D eigenvalue weighted by Crippen LogP contribution is -2.40. The lowest BCUT2D eigenvalue weighted by molar-refractivity contribution is -0.132. The molecule has 0 bridgehead atoms. The monoisotopic (exact) mass is 410 g/mol. The third kappa shape index (κ3) is 4.42. The van der Waals surface area contributed by atoms with Crippen LogP contribution in [-0.4, -0.2) is 37.1 Å². The molecule has 3 rings (SSSR count). The van der Waals surface area contributed by atoms with Crippen molar-refractivity contribution >= 4 is 38.6 Å². The predicted octanol–water partition coefficient (Wildman–Crippen LogP) is 3.25. The van der Waals surface area contributed by atoms with Gasteiger partial charge in [-0.05, 0) is 35.0 Å². The molecule has 9 heteroatoms. The normalized spacial score (nSPS) is 11.8. The smallest absolute Gasteiger partial charge is 0.252 e. The van der Waals surface area contributed by atoms with Gasteiger partial charge < -0.3 is 9.32 Å². The standard InChI is InChI=1S/C17H18N2O4S3/c1-18(26(21,22)17-7-4-10-25-17)13-16(20)19(11-14-5-2-8-23-14)12-15-6-3-9-24-15/h2-10H,11-13H2,1H3. The number of thiophene rings is 2. The van der Waals surface area contributed by atoms with Crippen molar-refractivity contribution in [2.45, 2.75) is 17.3 Å². The molecule has 0 spiro atoms.